The maximum Gasteiger partial charge on any atom is 0.112 e. The molecule has 1 N–H and O–H groups in total. The predicted molar refractivity (Wildman–Crippen MR) is 112 cm³/mol. The summed E-state index contributed by atoms with van der Waals surface area (Å²) in [6, 6.07) is 15.6. The summed E-state index contributed by atoms with van der Waals surface area (Å²) < 4.78 is 2.28. The van der Waals surface area contributed by atoms with Gasteiger partial charge in [-0.1, -0.05) is 57.0 Å². The molecule has 3 aromatic rings. The van der Waals surface area contributed by atoms with E-state index in [0.717, 1.165) is 30.1 Å². The zero-order valence-corrected chi connectivity index (χ0v) is 16.5. The third-order valence-electron chi connectivity index (χ3n) is 5.30. The zero-order chi connectivity index (χ0) is 18.5. The zero-order valence-electron chi connectivity index (χ0n) is 16.5. The van der Waals surface area contributed by atoms with Crippen LogP contribution in [0.25, 0.3) is 11.0 Å². The van der Waals surface area contributed by atoms with Crippen molar-refractivity contribution in [3.63, 3.8) is 0 Å². The minimum Gasteiger partial charge on any atom is -0.379 e. The molecule has 0 bridgehead atoms. The quantitative estimate of drug-likeness (QED) is 0.524. The Kier molecular flexibility index (Phi) is 5.97. The summed E-state index contributed by atoms with van der Waals surface area (Å²) in [6.45, 7) is 9.83. The van der Waals surface area contributed by atoms with Crippen molar-refractivity contribution >= 4 is 16.7 Å². The highest BCUT2D eigenvalue weighted by Crippen LogP contribution is 2.29. The van der Waals surface area contributed by atoms with E-state index in [9.17, 15) is 0 Å². The molecule has 0 unspecified atom stereocenters. The van der Waals surface area contributed by atoms with Gasteiger partial charge < -0.3 is 9.88 Å². The van der Waals surface area contributed by atoms with Crippen molar-refractivity contribution in [2.75, 3.05) is 5.32 Å². The number of nitrogens with zero attached hydrogens (tertiary/aromatic N) is 2. The van der Waals surface area contributed by atoms with E-state index in [1.165, 1.54) is 29.5 Å². The monoisotopic (exact) mass is 349 g/mol. The summed E-state index contributed by atoms with van der Waals surface area (Å²) in [5, 5.41) is 3.63. The van der Waals surface area contributed by atoms with E-state index in [-0.39, 0.29) is 0 Å². The molecule has 0 spiro atoms. The summed E-state index contributed by atoms with van der Waals surface area (Å²) in [5.41, 5.74) is 6.15. The minimum atomic E-state index is 0.408. The Bertz CT molecular complexity index is 829. The Balaban J connectivity index is 1.96. The third-order valence-corrected chi connectivity index (χ3v) is 5.30. The first-order valence-electron chi connectivity index (χ1n) is 9.89. The molecule has 0 saturated carbocycles. The highest BCUT2D eigenvalue weighted by molar-refractivity contribution is 5.89. The Labute approximate surface area is 157 Å². The number of imidazole rings is 1. The van der Waals surface area contributed by atoms with E-state index >= 15 is 0 Å². The van der Waals surface area contributed by atoms with Crippen molar-refractivity contribution in [3.8, 4) is 0 Å². The van der Waals surface area contributed by atoms with Crippen LogP contribution in [0.1, 0.15) is 57.7 Å². The summed E-state index contributed by atoms with van der Waals surface area (Å²) in [4.78, 5) is 4.71. The molecule has 26 heavy (non-hydrogen) atoms. The number of aromatic nitrogens is 2. The fourth-order valence-corrected chi connectivity index (χ4v) is 3.56. The van der Waals surface area contributed by atoms with Gasteiger partial charge in [-0.05, 0) is 49.4 Å². The molecule has 0 saturated heterocycles. The largest absolute Gasteiger partial charge is 0.379 e. The van der Waals surface area contributed by atoms with Gasteiger partial charge in [-0.3, -0.25) is 0 Å². The Morgan fingerprint density at radius 2 is 1.73 bits per heavy atom. The molecular weight excluding hydrogens is 318 g/mol. The molecule has 0 aliphatic carbocycles. The SMILES string of the molecule is CCC(CC)Cc1cc(NCc2ccccc2)c2ncn(C(C)C)c2c1. The van der Waals surface area contributed by atoms with Gasteiger partial charge in [0, 0.05) is 12.6 Å². The van der Waals surface area contributed by atoms with Crippen molar-refractivity contribution in [3.05, 3.63) is 59.9 Å². The summed E-state index contributed by atoms with van der Waals surface area (Å²) in [6.07, 6.45) is 5.56. The van der Waals surface area contributed by atoms with Gasteiger partial charge in [0.05, 0.1) is 17.5 Å². The molecule has 3 heteroatoms. The van der Waals surface area contributed by atoms with E-state index in [1.807, 2.05) is 6.33 Å². The van der Waals surface area contributed by atoms with Crippen LogP contribution in [0, 0.1) is 5.92 Å². The van der Waals surface area contributed by atoms with Crippen LogP contribution in [-0.2, 0) is 13.0 Å². The number of hydrogen-bond acceptors (Lipinski definition) is 2. The molecule has 0 fully saturated rings. The van der Waals surface area contributed by atoms with E-state index in [4.69, 9.17) is 4.98 Å². The molecular formula is C23H31N3. The number of anilines is 1. The van der Waals surface area contributed by atoms with Crippen molar-refractivity contribution < 1.29 is 0 Å². The Morgan fingerprint density at radius 3 is 2.38 bits per heavy atom. The topological polar surface area (TPSA) is 29.9 Å². The first-order valence-corrected chi connectivity index (χ1v) is 9.89. The fourth-order valence-electron chi connectivity index (χ4n) is 3.56. The van der Waals surface area contributed by atoms with Crippen LogP contribution in [0.15, 0.2) is 48.8 Å². The lowest BCUT2D eigenvalue weighted by molar-refractivity contribution is 0.490. The standard InChI is InChI=1S/C23H31N3/c1-5-18(6-2)12-20-13-21(24-15-19-10-8-7-9-11-19)23-22(14-20)26(16-25-23)17(3)4/h7-11,13-14,16-18,24H,5-6,12,15H2,1-4H3. The average molecular weight is 350 g/mol. The lowest BCUT2D eigenvalue weighted by Gasteiger charge is -2.16. The number of nitrogens with one attached hydrogen (secondary N) is 1. The third kappa shape index (κ3) is 4.09. The minimum absolute atomic E-state index is 0.408. The highest BCUT2D eigenvalue weighted by atomic mass is 15.1. The number of fused-ring (bicyclic) bond motifs is 1. The van der Waals surface area contributed by atoms with Crippen LogP contribution in [0.2, 0.25) is 0 Å². The molecule has 1 heterocycles. The molecule has 138 valence electrons. The lowest BCUT2D eigenvalue weighted by atomic mass is 9.94. The van der Waals surface area contributed by atoms with E-state index in [1.54, 1.807) is 0 Å². The predicted octanol–water partition coefficient (Wildman–Crippen LogP) is 6.21. The molecule has 2 aromatic carbocycles. The molecule has 1 aromatic heterocycles. The number of hydrogen-bond donors (Lipinski definition) is 1. The Hall–Kier alpha value is -2.29. The maximum absolute atomic E-state index is 4.71. The summed E-state index contributed by atoms with van der Waals surface area (Å²) in [5.74, 6) is 0.741. The van der Waals surface area contributed by atoms with Gasteiger partial charge in [0.1, 0.15) is 5.52 Å². The van der Waals surface area contributed by atoms with Crippen molar-refractivity contribution in [2.45, 2.75) is 59.5 Å². The second kappa shape index (κ2) is 8.39. The first-order chi connectivity index (χ1) is 12.6. The second-order valence-corrected chi connectivity index (χ2v) is 7.48. The van der Waals surface area contributed by atoms with Gasteiger partial charge >= 0.3 is 0 Å². The maximum atomic E-state index is 4.71. The van der Waals surface area contributed by atoms with Gasteiger partial charge in [-0.15, -0.1) is 0 Å². The van der Waals surface area contributed by atoms with E-state index in [0.29, 0.717) is 6.04 Å². The van der Waals surface area contributed by atoms with Crippen LogP contribution in [-0.4, -0.2) is 9.55 Å². The van der Waals surface area contributed by atoms with Gasteiger partial charge in [-0.2, -0.15) is 0 Å². The smallest absolute Gasteiger partial charge is 0.112 e. The van der Waals surface area contributed by atoms with E-state index in [2.05, 4.69) is 80.0 Å². The van der Waals surface area contributed by atoms with Crippen molar-refractivity contribution in [1.82, 2.24) is 9.55 Å². The summed E-state index contributed by atoms with van der Waals surface area (Å²) in [7, 11) is 0. The van der Waals surface area contributed by atoms with Crippen LogP contribution in [0.3, 0.4) is 0 Å². The van der Waals surface area contributed by atoms with Gasteiger partial charge in [0.15, 0.2) is 0 Å². The van der Waals surface area contributed by atoms with Crippen molar-refractivity contribution in [2.24, 2.45) is 5.92 Å². The summed E-state index contributed by atoms with van der Waals surface area (Å²) >= 11 is 0. The van der Waals surface area contributed by atoms with Crippen molar-refractivity contribution in [1.29, 1.82) is 0 Å². The van der Waals surface area contributed by atoms with Gasteiger partial charge in [0.2, 0.25) is 0 Å². The molecule has 0 radical (unpaired) electrons. The van der Waals surface area contributed by atoms with E-state index < -0.39 is 0 Å². The number of rotatable bonds is 8. The second-order valence-electron chi connectivity index (χ2n) is 7.48. The molecule has 0 amide bonds. The van der Waals surface area contributed by atoms with Crippen LogP contribution in [0.4, 0.5) is 5.69 Å². The molecule has 0 aliphatic rings. The van der Waals surface area contributed by atoms with Crippen LogP contribution >= 0.6 is 0 Å². The molecule has 0 atom stereocenters. The fraction of sp³-hybridized carbons (Fsp3) is 0.435. The normalized spacial score (nSPS) is 11.6. The highest BCUT2D eigenvalue weighted by Gasteiger charge is 2.14. The lowest BCUT2D eigenvalue weighted by Crippen LogP contribution is -2.05. The van der Waals surface area contributed by atoms with Gasteiger partial charge in [-0.25, -0.2) is 4.98 Å². The molecule has 3 nitrogen and oxygen atoms in total. The Morgan fingerprint density at radius 1 is 1.00 bits per heavy atom. The van der Waals surface area contributed by atoms with Crippen LogP contribution < -0.4 is 5.32 Å². The molecule has 0 aliphatic heterocycles. The average Bonchev–Trinajstić information content (AvgIpc) is 3.09. The van der Waals surface area contributed by atoms with Crippen LogP contribution in [0.5, 0.6) is 0 Å². The number of benzene rings is 2. The first kappa shape index (κ1) is 18.5. The van der Waals surface area contributed by atoms with Gasteiger partial charge in [0.25, 0.3) is 0 Å². The molecule has 3 rings (SSSR count).